The summed E-state index contributed by atoms with van der Waals surface area (Å²) in [4.78, 5) is 34.3. The summed E-state index contributed by atoms with van der Waals surface area (Å²) >= 11 is 3.65. The van der Waals surface area contributed by atoms with Crippen LogP contribution in [0, 0.1) is 5.82 Å². The lowest BCUT2D eigenvalue weighted by molar-refractivity contribution is -0.149. The molecule has 210 valence electrons. The number of morpholine rings is 1. The van der Waals surface area contributed by atoms with Crippen LogP contribution in [0.5, 0.6) is 0 Å². The maximum Gasteiger partial charge on any atom is 0.427 e. The fourth-order valence-corrected chi connectivity index (χ4v) is 5.37. The van der Waals surface area contributed by atoms with E-state index in [1.807, 2.05) is 0 Å². The number of rotatable bonds is 8. The van der Waals surface area contributed by atoms with E-state index < -0.39 is 40.9 Å². The molecule has 0 saturated carbocycles. The number of hydrogen-bond acceptors (Lipinski definition) is 9. The number of ether oxygens (including phenoxy) is 2. The minimum absolute atomic E-state index is 0.0164. The summed E-state index contributed by atoms with van der Waals surface area (Å²) in [6.07, 6.45) is -3.42. The molecule has 2 atom stereocenters. The first-order valence-electron chi connectivity index (χ1n) is 11.8. The number of amidine groups is 1. The molecule has 1 fully saturated rings. The third kappa shape index (κ3) is 6.65. The van der Waals surface area contributed by atoms with Gasteiger partial charge in [0.1, 0.15) is 22.8 Å². The topological polar surface area (TPSA) is 113 Å². The van der Waals surface area contributed by atoms with E-state index in [9.17, 15) is 32.3 Å². The van der Waals surface area contributed by atoms with Crippen LogP contribution < -0.4 is 5.32 Å². The van der Waals surface area contributed by atoms with Crippen LogP contribution in [0.25, 0.3) is 0 Å². The van der Waals surface area contributed by atoms with Crippen LogP contribution in [0.1, 0.15) is 34.8 Å². The lowest BCUT2D eigenvalue weighted by atomic mass is 9.95. The van der Waals surface area contributed by atoms with Crippen molar-refractivity contribution in [1.82, 2.24) is 15.2 Å². The molecule has 2 aliphatic rings. The SMILES string of the molecule is CCCOC(=O)C1=C(CN2CCOCC2C(=O)O)NC(c2ncc(C(F)(F)F)s2)=NC1c1ccc(F)cc1Br. The number of esters is 1. The second kappa shape index (κ2) is 12.1. The van der Waals surface area contributed by atoms with Crippen LogP contribution in [0.15, 0.2) is 45.1 Å². The normalized spacial score (nSPS) is 20.4. The number of carboxylic acids is 1. The summed E-state index contributed by atoms with van der Waals surface area (Å²) < 4.78 is 64.9. The van der Waals surface area contributed by atoms with Gasteiger partial charge in [-0.25, -0.2) is 14.2 Å². The molecule has 2 N–H and O–H groups in total. The zero-order chi connectivity index (χ0) is 28.3. The molecule has 39 heavy (non-hydrogen) atoms. The van der Waals surface area contributed by atoms with E-state index >= 15 is 0 Å². The Hall–Kier alpha value is -2.88. The molecule has 15 heteroatoms. The Bertz CT molecular complexity index is 1320. The molecule has 4 rings (SSSR count). The van der Waals surface area contributed by atoms with E-state index in [1.54, 1.807) is 11.8 Å². The van der Waals surface area contributed by atoms with Crippen LogP contribution in [0.2, 0.25) is 0 Å². The number of aliphatic imine (C=N–C) groups is 1. The third-order valence-corrected chi connectivity index (χ3v) is 7.65. The molecule has 3 heterocycles. The van der Waals surface area contributed by atoms with Crippen molar-refractivity contribution >= 4 is 45.0 Å². The molecule has 0 spiro atoms. The van der Waals surface area contributed by atoms with Gasteiger partial charge in [-0.3, -0.25) is 14.7 Å². The Morgan fingerprint density at radius 3 is 2.77 bits per heavy atom. The first kappa shape index (κ1) is 29.1. The molecule has 0 radical (unpaired) electrons. The van der Waals surface area contributed by atoms with Crippen molar-refractivity contribution in [3.05, 3.63) is 61.4 Å². The number of aromatic nitrogens is 1. The summed E-state index contributed by atoms with van der Waals surface area (Å²) in [6, 6.07) is 1.59. The third-order valence-electron chi connectivity index (χ3n) is 5.91. The lowest BCUT2D eigenvalue weighted by Gasteiger charge is -2.35. The number of nitrogens with zero attached hydrogens (tertiary/aromatic N) is 3. The number of nitrogens with one attached hydrogen (secondary N) is 1. The average molecular weight is 635 g/mol. The number of carboxylic acid groups (broad SMARTS) is 1. The zero-order valence-electron chi connectivity index (χ0n) is 20.4. The monoisotopic (exact) mass is 634 g/mol. The first-order valence-corrected chi connectivity index (χ1v) is 13.4. The minimum Gasteiger partial charge on any atom is -0.480 e. The second-order valence-electron chi connectivity index (χ2n) is 8.63. The quantitative estimate of drug-likeness (QED) is 0.329. The van der Waals surface area contributed by atoms with Gasteiger partial charge >= 0.3 is 18.1 Å². The summed E-state index contributed by atoms with van der Waals surface area (Å²) in [5, 5.41) is 12.5. The van der Waals surface area contributed by atoms with Crippen LogP contribution in [0.3, 0.4) is 0 Å². The van der Waals surface area contributed by atoms with Crippen molar-refractivity contribution in [2.24, 2.45) is 4.99 Å². The Morgan fingerprint density at radius 1 is 1.36 bits per heavy atom. The summed E-state index contributed by atoms with van der Waals surface area (Å²) in [5.41, 5.74) is 0.544. The van der Waals surface area contributed by atoms with Gasteiger partial charge in [0.2, 0.25) is 0 Å². The predicted octanol–water partition coefficient (Wildman–Crippen LogP) is 4.15. The number of alkyl halides is 3. The van der Waals surface area contributed by atoms with Crippen LogP contribution >= 0.6 is 27.3 Å². The van der Waals surface area contributed by atoms with Gasteiger partial charge in [-0.1, -0.05) is 28.9 Å². The van der Waals surface area contributed by atoms with Crippen molar-refractivity contribution in [2.45, 2.75) is 31.6 Å². The van der Waals surface area contributed by atoms with Crippen LogP contribution in [0.4, 0.5) is 17.6 Å². The van der Waals surface area contributed by atoms with Gasteiger partial charge in [0, 0.05) is 23.3 Å². The van der Waals surface area contributed by atoms with Gasteiger partial charge in [-0.2, -0.15) is 13.2 Å². The van der Waals surface area contributed by atoms with Gasteiger partial charge in [-0.05, 0) is 24.1 Å². The Balaban J connectivity index is 1.85. The van der Waals surface area contributed by atoms with Gasteiger partial charge in [0.15, 0.2) is 10.8 Å². The molecule has 0 bridgehead atoms. The molecule has 0 amide bonds. The Labute approximate surface area is 232 Å². The van der Waals surface area contributed by atoms with Crippen LogP contribution in [-0.2, 0) is 25.2 Å². The fraction of sp³-hybridized carbons (Fsp3) is 0.417. The standard InChI is InChI=1S/C24H23BrF4N4O5S/c1-2-6-38-23(36)18-15(10-33-5-7-37-11-16(33)22(34)35)31-20(21-30-9-17(39-21)24(27,28)29)32-19(18)13-4-3-12(26)8-14(13)25/h3-4,8-9,16,19H,2,5-7,10-11H2,1H3,(H,31,32)(H,34,35). The molecule has 1 aromatic carbocycles. The first-order chi connectivity index (χ1) is 18.5. The number of carbonyl (C=O) groups excluding carboxylic acids is 1. The molecular formula is C24H23BrF4N4O5S. The van der Waals surface area contributed by atoms with Crippen LogP contribution in [-0.4, -0.2) is 71.7 Å². The molecule has 0 aliphatic carbocycles. The smallest absolute Gasteiger partial charge is 0.427 e. The van der Waals surface area contributed by atoms with Crippen molar-refractivity contribution in [2.75, 3.05) is 32.9 Å². The summed E-state index contributed by atoms with van der Waals surface area (Å²) in [7, 11) is 0. The zero-order valence-corrected chi connectivity index (χ0v) is 22.8. The highest BCUT2D eigenvalue weighted by molar-refractivity contribution is 9.10. The minimum atomic E-state index is -4.62. The fourth-order valence-electron chi connectivity index (χ4n) is 4.06. The van der Waals surface area contributed by atoms with Gasteiger partial charge in [-0.15, -0.1) is 11.3 Å². The Morgan fingerprint density at radius 2 is 2.13 bits per heavy atom. The van der Waals surface area contributed by atoms with Crippen molar-refractivity contribution in [3.8, 4) is 0 Å². The summed E-state index contributed by atoms with van der Waals surface area (Å²) in [6.45, 7) is 2.14. The highest BCUT2D eigenvalue weighted by Gasteiger charge is 2.39. The molecule has 1 saturated heterocycles. The largest absolute Gasteiger partial charge is 0.480 e. The van der Waals surface area contributed by atoms with E-state index in [2.05, 4.69) is 31.2 Å². The van der Waals surface area contributed by atoms with Crippen molar-refractivity contribution in [3.63, 3.8) is 0 Å². The van der Waals surface area contributed by atoms with E-state index in [0.717, 1.165) is 0 Å². The number of halogens is 5. The molecular weight excluding hydrogens is 612 g/mol. The summed E-state index contributed by atoms with van der Waals surface area (Å²) in [5.74, 6) is -2.50. The second-order valence-corrected chi connectivity index (χ2v) is 10.5. The maximum absolute atomic E-state index is 13.9. The highest BCUT2D eigenvalue weighted by atomic mass is 79.9. The lowest BCUT2D eigenvalue weighted by Crippen LogP contribution is -2.52. The molecule has 9 nitrogen and oxygen atoms in total. The number of carbonyl (C=O) groups is 2. The average Bonchev–Trinajstić information content (AvgIpc) is 3.38. The highest BCUT2D eigenvalue weighted by Crippen LogP contribution is 2.39. The van der Waals surface area contributed by atoms with E-state index in [0.29, 0.717) is 29.5 Å². The van der Waals surface area contributed by atoms with E-state index in [1.165, 1.54) is 18.2 Å². The molecule has 2 unspecified atom stereocenters. The number of hydrogen-bond donors (Lipinski definition) is 2. The molecule has 2 aromatic rings. The van der Waals surface area contributed by atoms with Gasteiger partial charge in [0.25, 0.3) is 0 Å². The number of thiazole rings is 1. The molecule has 2 aliphatic heterocycles. The maximum atomic E-state index is 13.9. The predicted molar refractivity (Wildman–Crippen MR) is 136 cm³/mol. The Kier molecular flexibility index (Phi) is 9.03. The van der Waals surface area contributed by atoms with Crippen molar-refractivity contribution < 1.29 is 41.7 Å². The van der Waals surface area contributed by atoms with E-state index in [-0.39, 0.29) is 59.5 Å². The van der Waals surface area contributed by atoms with Gasteiger partial charge in [0.05, 0.1) is 31.6 Å². The number of benzene rings is 1. The molecule has 1 aromatic heterocycles. The van der Waals surface area contributed by atoms with E-state index in [4.69, 9.17) is 9.47 Å². The van der Waals surface area contributed by atoms with Gasteiger partial charge < -0.3 is 19.9 Å². The van der Waals surface area contributed by atoms with Crippen molar-refractivity contribution in [1.29, 1.82) is 0 Å². The number of aliphatic carboxylic acids is 1.